The molecule has 21 heavy (non-hydrogen) atoms. The number of furan rings is 1. The average molecular weight is 280 g/mol. The SMILES string of the molecule is Fc1cnc2[nH]cc(-c3nccc(-c4ccco4)n3)c2c1. The van der Waals surface area contributed by atoms with Crippen LogP contribution in [0.25, 0.3) is 33.9 Å². The molecule has 4 heterocycles. The van der Waals surface area contributed by atoms with E-state index in [-0.39, 0.29) is 0 Å². The molecule has 5 nitrogen and oxygen atoms in total. The van der Waals surface area contributed by atoms with Crippen LogP contribution in [0.15, 0.2) is 53.5 Å². The van der Waals surface area contributed by atoms with Gasteiger partial charge in [0, 0.05) is 23.3 Å². The molecule has 102 valence electrons. The minimum absolute atomic E-state index is 0.398. The monoisotopic (exact) mass is 280 g/mol. The number of hydrogen-bond acceptors (Lipinski definition) is 4. The van der Waals surface area contributed by atoms with E-state index in [0.29, 0.717) is 33.9 Å². The maximum Gasteiger partial charge on any atom is 0.162 e. The van der Waals surface area contributed by atoms with Crippen LogP contribution in [0.1, 0.15) is 0 Å². The number of nitrogens with one attached hydrogen (secondary N) is 1. The van der Waals surface area contributed by atoms with Crippen molar-refractivity contribution < 1.29 is 8.81 Å². The number of H-pyrrole nitrogens is 1. The number of aromatic nitrogens is 4. The third kappa shape index (κ3) is 1.97. The molecular weight excluding hydrogens is 271 g/mol. The number of fused-ring (bicyclic) bond motifs is 1. The van der Waals surface area contributed by atoms with Crippen molar-refractivity contribution in [2.45, 2.75) is 0 Å². The topological polar surface area (TPSA) is 67.6 Å². The fraction of sp³-hybridized carbons (Fsp3) is 0. The second kappa shape index (κ2) is 4.52. The van der Waals surface area contributed by atoms with Crippen molar-refractivity contribution in [1.29, 1.82) is 0 Å². The van der Waals surface area contributed by atoms with Crippen LogP contribution in [0.5, 0.6) is 0 Å². The molecule has 0 radical (unpaired) electrons. The summed E-state index contributed by atoms with van der Waals surface area (Å²) in [7, 11) is 0. The van der Waals surface area contributed by atoms with Crippen molar-refractivity contribution in [2.75, 3.05) is 0 Å². The minimum atomic E-state index is -0.398. The van der Waals surface area contributed by atoms with Gasteiger partial charge in [0.05, 0.1) is 12.5 Å². The van der Waals surface area contributed by atoms with E-state index < -0.39 is 5.82 Å². The van der Waals surface area contributed by atoms with Crippen molar-refractivity contribution in [3.05, 3.63) is 54.9 Å². The van der Waals surface area contributed by atoms with Gasteiger partial charge in [0.1, 0.15) is 17.2 Å². The third-order valence-corrected chi connectivity index (χ3v) is 3.17. The van der Waals surface area contributed by atoms with Crippen LogP contribution in [-0.4, -0.2) is 19.9 Å². The Bertz CT molecular complexity index is 914. The highest BCUT2D eigenvalue weighted by molar-refractivity contribution is 5.91. The molecule has 6 heteroatoms. The van der Waals surface area contributed by atoms with Crippen LogP contribution in [-0.2, 0) is 0 Å². The van der Waals surface area contributed by atoms with Crippen molar-refractivity contribution in [1.82, 2.24) is 19.9 Å². The zero-order valence-corrected chi connectivity index (χ0v) is 10.7. The zero-order chi connectivity index (χ0) is 14.2. The van der Waals surface area contributed by atoms with Crippen molar-refractivity contribution in [3.8, 4) is 22.8 Å². The molecule has 0 saturated carbocycles. The van der Waals surface area contributed by atoms with Crippen LogP contribution in [0.4, 0.5) is 4.39 Å². The molecule has 4 rings (SSSR count). The molecule has 0 bridgehead atoms. The number of nitrogens with zero attached hydrogens (tertiary/aromatic N) is 3. The summed E-state index contributed by atoms with van der Waals surface area (Å²) in [6.07, 6.45) is 6.12. The Morgan fingerprint density at radius 2 is 2.14 bits per heavy atom. The molecule has 0 aromatic carbocycles. The number of rotatable bonds is 2. The molecular formula is C15H9FN4O. The van der Waals surface area contributed by atoms with E-state index >= 15 is 0 Å². The van der Waals surface area contributed by atoms with Gasteiger partial charge in [0.25, 0.3) is 0 Å². The first-order valence-corrected chi connectivity index (χ1v) is 6.31. The van der Waals surface area contributed by atoms with Crippen molar-refractivity contribution >= 4 is 11.0 Å². The smallest absolute Gasteiger partial charge is 0.162 e. The van der Waals surface area contributed by atoms with E-state index in [2.05, 4.69) is 19.9 Å². The summed E-state index contributed by atoms with van der Waals surface area (Å²) in [5.74, 6) is 0.746. The highest BCUT2D eigenvalue weighted by Crippen LogP contribution is 2.27. The molecule has 0 aliphatic rings. The number of aromatic amines is 1. The van der Waals surface area contributed by atoms with E-state index in [9.17, 15) is 4.39 Å². The van der Waals surface area contributed by atoms with Gasteiger partial charge in [-0.25, -0.2) is 19.3 Å². The van der Waals surface area contributed by atoms with E-state index in [1.807, 2.05) is 6.07 Å². The number of halogens is 1. The van der Waals surface area contributed by atoms with E-state index in [0.717, 1.165) is 0 Å². The quantitative estimate of drug-likeness (QED) is 0.611. The predicted octanol–water partition coefficient (Wildman–Crippen LogP) is 3.42. The van der Waals surface area contributed by atoms with Crippen LogP contribution in [0, 0.1) is 5.82 Å². The van der Waals surface area contributed by atoms with Gasteiger partial charge < -0.3 is 9.40 Å². The van der Waals surface area contributed by atoms with Gasteiger partial charge >= 0.3 is 0 Å². The maximum atomic E-state index is 13.4. The minimum Gasteiger partial charge on any atom is -0.463 e. The highest BCUT2D eigenvalue weighted by atomic mass is 19.1. The molecule has 4 aromatic rings. The summed E-state index contributed by atoms with van der Waals surface area (Å²) in [5, 5.41) is 0.645. The standard InChI is InChI=1S/C15H9FN4O/c16-9-6-10-11(8-19-14(10)18-7-9)15-17-4-3-12(20-15)13-2-1-5-21-13/h1-8H,(H,18,19). The van der Waals surface area contributed by atoms with Crippen LogP contribution in [0.2, 0.25) is 0 Å². The maximum absolute atomic E-state index is 13.4. The molecule has 0 saturated heterocycles. The van der Waals surface area contributed by atoms with E-state index in [1.165, 1.54) is 12.3 Å². The van der Waals surface area contributed by atoms with Gasteiger partial charge in [-0.2, -0.15) is 0 Å². The number of hydrogen-bond donors (Lipinski definition) is 1. The first-order valence-electron chi connectivity index (χ1n) is 6.31. The highest BCUT2D eigenvalue weighted by Gasteiger charge is 2.12. The summed E-state index contributed by atoms with van der Waals surface area (Å²) in [6.45, 7) is 0. The van der Waals surface area contributed by atoms with Crippen molar-refractivity contribution in [2.24, 2.45) is 0 Å². The normalized spacial score (nSPS) is 11.1. The van der Waals surface area contributed by atoms with Gasteiger partial charge in [0.15, 0.2) is 11.6 Å². The fourth-order valence-corrected chi connectivity index (χ4v) is 2.21. The zero-order valence-electron chi connectivity index (χ0n) is 10.7. The summed E-state index contributed by atoms with van der Waals surface area (Å²) >= 11 is 0. The second-order valence-electron chi connectivity index (χ2n) is 4.49. The molecule has 0 atom stereocenters. The first-order chi connectivity index (χ1) is 10.3. The summed E-state index contributed by atoms with van der Waals surface area (Å²) in [6, 6.07) is 6.79. The molecule has 0 unspecified atom stereocenters. The molecule has 0 spiro atoms. The Hall–Kier alpha value is -3.02. The van der Waals surface area contributed by atoms with E-state index in [1.54, 1.807) is 30.8 Å². The van der Waals surface area contributed by atoms with Gasteiger partial charge in [-0.3, -0.25) is 0 Å². The number of pyridine rings is 1. The molecule has 1 N–H and O–H groups in total. The molecule has 0 aliphatic heterocycles. The van der Waals surface area contributed by atoms with Crippen molar-refractivity contribution in [3.63, 3.8) is 0 Å². The second-order valence-corrected chi connectivity index (χ2v) is 4.49. The average Bonchev–Trinajstić information content (AvgIpc) is 3.16. The Balaban J connectivity index is 1.89. The Kier molecular flexibility index (Phi) is 2.53. The molecule has 0 fully saturated rings. The van der Waals surface area contributed by atoms with Crippen LogP contribution in [0.3, 0.4) is 0 Å². The summed E-state index contributed by atoms with van der Waals surface area (Å²) < 4.78 is 18.7. The van der Waals surface area contributed by atoms with Gasteiger partial charge in [-0.05, 0) is 24.3 Å². The lowest BCUT2D eigenvalue weighted by atomic mass is 10.2. The van der Waals surface area contributed by atoms with Crippen LogP contribution >= 0.6 is 0 Å². The van der Waals surface area contributed by atoms with Crippen LogP contribution < -0.4 is 0 Å². The Morgan fingerprint density at radius 3 is 3.00 bits per heavy atom. The summed E-state index contributed by atoms with van der Waals surface area (Å²) in [4.78, 5) is 15.7. The molecule has 0 amide bonds. The molecule has 0 aliphatic carbocycles. The summed E-state index contributed by atoms with van der Waals surface area (Å²) in [5.41, 5.74) is 1.97. The predicted molar refractivity (Wildman–Crippen MR) is 74.8 cm³/mol. The largest absolute Gasteiger partial charge is 0.463 e. The van der Waals surface area contributed by atoms with Gasteiger partial charge in [0.2, 0.25) is 0 Å². The lowest BCUT2D eigenvalue weighted by Crippen LogP contribution is -1.90. The van der Waals surface area contributed by atoms with Gasteiger partial charge in [-0.15, -0.1) is 0 Å². The Morgan fingerprint density at radius 1 is 1.19 bits per heavy atom. The van der Waals surface area contributed by atoms with Gasteiger partial charge in [-0.1, -0.05) is 0 Å². The lowest BCUT2D eigenvalue weighted by Gasteiger charge is -2.00. The Labute approximate surface area is 118 Å². The molecule has 4 aromatic heterocycles. The third-order valence-electron chi connectivity index (χ3n) is 3.17. The van der Waals surface area contributed by atoms with E-state index in [4.69, 9.17) is 4.42 Å². The lowest BCUT2D eigenvalue weighted by molar-refractivity contribution is 0.580. The first kappa shape index (κ1) is 11.8. The fourth-order valence-electron chi connectivity index (χ4n) is 2.21.